The minimum atomic E-state index is -0.0487. The second kappa shape index (κ2) is 5.89. The first kappa shape index (κ1) is 12.9. The second-order valence-corrected chi connectivity index (χ2v) is 4.61. The lowest BCUT2D eigenvalue weighted by atomic mass is 10.1. The topological polar surface area (TPSA) is 35.2 Å². The van der Waals surface area contributed by atoms with Crippen LogP contribution in [-0.2, 0) is 6.61 Å². The zero-order valence-electron chi connectivity index (χ0n) is 10.3. The van der Waals surface area contributed by atoms with Crippen molar-refractivity contribution in [2.75, 3.05) is 0 Å². The van der Waals surface area contributed by atoms with Crippen LogP contribution in [0.5, 0.6) is 5.75 Å². The summed E-state index contributed by atoms with van der Waals surface area (Å²) in [5.74, 6) is 0.812. The predicted molar refractivity (Wildman–Crippen MR) is 74.8 cm³/mol. The van der Waals surface area contributed by atoms with Crippen molar-refractivity contribution in [1.82, 2.24) is 0 Å². The minimum Gasteiger partial charge on any atom is -0.489 e. The monoisotopic (exact) mass is 261 g/mol. The summed E-state index contributed by atoms with van der Waals surface area (Å²) in [5, 5.41) is 0.718. The highest BCUT2D eigenvalue weighted by Gasteiger charge is 2.07. The standard InChI is InChI=1S/C15H16ClNO/c1-11(17)13-7-3-5-9-15(13)18-10-12-6-2-4-8-14(12)16/h2-9,11H,10,17H2,1H3/t11-/m1/s1. The van der Waals surface area contributed by atoms with Gasteiger partial charge in [-0.2, -0.15) is 0 Å². The molecule has 0 spiro atoms. The second-order valence-electron chi connectivity index (χ2n) is 4.21. The van der Waals surface area contributed by atoms with Crippen molar-refractivity contribution >= 4 is 11.6 Å². The fourth-order valence-corrected chi connectivity index (χ4v) is 1.95. The molecule has 2 rings (SSSR count). The first-order chi connectivity index (χ1) is 8.68. The number of halogens is 1. The van der Waals surface area contributed by atoms with Gasteiger partial charge in [-0.15, -0.1) is 0 Å². The molecule has 2 N–H and O–H groups in total. The molecule has 0 amide bonds. The summed E-state index contributed by atoms with van der Waals surface area (Å²) in [5.41, 5.74) is 7.88. The lowest BCUT2D eigenvalue weighted by molar-refractivity contribution is 0.301. The summed E-state index contributed by atoms with van der Waals surface area (Å²) >= 11 is 6.09. The van der Waals surface area contributed by atoms with Crippen LogP contribution in [0.4, 0.5) is 0 Å². The molecule has 0 fully saturated rings. The lowest BCUT2D eigenvalue weighted by Crippen LogP contribution is -2.08. The Morgan fingerprint density at radius 1 is 1.11 bits per heavy atom. The summed E-state index contributed by atoms with van der Waals surface area (Å²) < 4.78 is 5.80. The summed E-state index contributed by atoms with van der Waals surface area (Å²) in [6.45, 7) is 2.39. The van der Waals surface area contributed by atoms with E-state index in [-0.39, 0.29) is 6.04 Å². The fourth-order valence-electron chi connectivity index (χ4n) is 1.76. The molecule has 0 aliphatic heterocycles. The molecule has 0 heterocycles. The van der Waals surface area contributed by atoms with Crippen LogP contribution in [0.3, 0.4) is 0 Å². The van der Waals surface area contributed by atoms with Gasteiger partial charge in [0.2, 0.25) is 0 Å². The normalized spacial score (nSPS) is 12.2. The van der Waals surface area contributed by atoms with Gasteiger partial charge in [0.25, 0.3) is 0 Å². The molecule has 0 bridgehead atoms. The Balaban J connectivity index is 2.14. The molecule has 2 nitrogen and oxygen atoms in total. The molecule has 2 aromatic rings. The van der Waals surface area contributed by atoms with Gasteiger partial charge in [-0.1, -0.05) is 48.0 Å². The first-order valence-corrected chi connectivity index (χ1v) is 6.27. The van der Waals surface area contributed by atoms with Gasteiger partial charge in [-0.25, -0.2) is 0 Å². The average molecular weight is 262 g/mol. The molecule has 0 radical (unpaired) electrons. The van der Waals surface area contributed by atoms with Crippen LogP contribution in [-0.4, -0.2) is 0 Å². The molecule has 2 aromatic carbocycles. The number of para-hydroxylation sites is 1. The third-order valence-electron chi connectivity index (χ3n) is 2.75. The highest BCUT2D eigenvalue weighted by Crippen LogP contribution is 2.25. The van der Waals surface area contributed by atoms with Crippen molar-refractivity contribution < 1.29 is 4.74 Å². The van der Waals surface area contributed by atoms with E-state index in [2.05, 4.69) is 0 Å². The summed E-state index contributed by atoms with van der Waals surface area (Å²) in [6.07, 6.45) is 0. The van der Waals surface area contributed by atoms with Crippen LogP contribution in [0, 0.1) is 0 Å². The van der Waals surface area contributed by atoms with Crippen molar-refractivity contribution in [2.24, 2.45) is 5.73 Å². The Bertz CT molecular complexity index is 525. The molecule has 0 unspecified atom stereocenters. The van der Waals surface area contributed by atoms with Gasteiger partial charge in [0.15, 0.2) is 0 Å². The molecule has 18 heavy (non-hydrogen) atoms. The van der Waals surface area contributed by atoms with Crippen molar-refractivity contribution in [2.45, 2.75) is 19.6 Å². The highest BCUT2D eigenvalue weighted by atomic mass is 35.5. The SMILES string of the molecule is C[C@@H](N)c1ccccc1OCc1ccccc1Cl. The van der Waals surface area contributed by atoms with Gasteiger partial charge in [0, 0.05) is 22.2 Å². The Kier molecular flexibility index (Phi) is 4.24. The molecular weight excluding hydrogens is 246 g/mol. The maximum absolute atomic E-state index is 6.09. The van der Waals surface area contributed by atoms with Crippen LogP contribution >= 0.6 is 11.6 Å². The third kappa shape index (κ3) is 3.03. The van der Waals surface area contributed by atoms with E-state index in [1.165, 1.54) is 0 Å². The summed E-state index contributed by atoms with van der Waals surface area (Å²) in [4.78, 5) is 0. The molecule has 0 aliphatic rings. The van der Waals surface area contributed by atoms with E-state index in [0.29, 0.717) is 6.61 Å². The summed E-state index contributed by atoms with van der Waals surface area (Å²) in [6, 6.07) is 15.4. The average Bonchev–Trinajstić information content (AvgIpc) is 2.38. The number of hydrogen-bond donors (Lipinski definition) is 1. The van der Waals surface area contributed by atoms with Crippen molar-refractivity contribution in [1.29, 1.82) is 0 Å². The van der Waals surface area contributed by atoms with Gasteiger partial charge >= 0.3 is 0 Å². The Morgan fingerprint density at radius 3 is 2.50 bits per heavy atom. The molecule has 3 heteroatoms. The van der Waals surface area contributed by atoms with Crippen LogP contribution in [0.1, 0.15) is 24.1 Å². The maximum Gasteiger partial charge on any atom is 0.124 e. The molecular formula is C15H16ClNO. The minimum absolute atomic E-state index is 0.0487. The van der Waals surface area contributed by atoms with E-state index in [9.17, 15) is 0 Å². The molecule has 0 aromatic heterocycles. The van der Waals surface area contributed by atoms with Gasteiger partial charge in [0.1, 0.15) is 12.4 Å². The van der Waals surface area contributed by atoms with Gasteiger partial charge < -0.3 is 10.5 Å². The van der Waals surface area contributed by atoms with Gasteiger partial charge in [0.05, 0.1) is 0 Å². The number of rotatable bonds is 4. The van der Waals surface area contributed by atoms with Crippen LogP contribution < -0.4 is 10.5 Å². The molecule has 0 saturated carbocycles. The molecule has 0 aliphatic carbocycles. The largest absolute Gasteiger partial charge is 0.489 e. The lowest BCUT2D eigenvalue weighted by Gasteiger charge is -2.14. The first-order valence-electron chi connectivity index (χ1n) is 5.89. The number of hydrogen-bond acceptors (Lipinski definition) is 2. The maximum atomic E-state index is 6.09. The van der Waals surface area contributed by atoms with E-state index < -0.39 is 0 Å². The van der Waals surface area contributed by atoms with Crippen molar-refractivity contribution in [3.63, 3.8) is 0 Å². The van der Waals surface area contributed by atoms with E-state index in [0.717, 1.165) is 21.9 Å². The van der Waals surface area contributed by atoms with E-state index in [4.69, 9.17) is 22.1 Å². The number of benzene rings is 2. The van der Waals surface area contributed by atoms with Gasteiger partial charge in [-0.05, 0) is 19.1 Å². The zero-order chi connectivity index (χ0) is 13.0. The van der Waals surface area contributed by atoms with Crippen LogP contribution in [0.25, 0.3) is 0 Å². The van der Waals surface area contributed by atoms with Gasteiger partial charge in [-0.3, -0.25) is 0 Å². The van der Waals surface area contributed by atoms with Crippen molar-refractivity contribution in [3.05, 3.63) is 64.7 Å². The predicted octanol–water partition coefficient (Wildman–Crippen LogP) is 3.94. The smallest absolute Gasteiger partial charge is 0.124 e. The van der Waals surface area contributed by atoms with E-state index in [1.54, 1.807) is 0 Å². The Hall–Kier alpha value is -1.51. The quantitative estimate of drug-likeness (QED) is 0.905. The van der Waals surface area contributed by atoms with Crippen LogP contribution in [0.15, 0.2) is 48.5 Å². The fraction of sp³-hybridized carbons (Fsp3) is 0.200. The van der Waals surface area contributed by atoms with Crippen molar-refractivity contribution in [3.8, 4) is 5.75 Å². The zero-order valence-corrected chi connectivity index (χ0v) is 11.0. The molecule has 94 valence electrons. The summed E-state index contributed by atoms with van der Waals surface area (Å²) in [7, 11) is 0. The Morgan fingerprint density at radius 2 is 1.78 bits per heavy atom. The van der Waals surface area contributed by atoms with E-state index >= 15 is 0 Å². The number of nitrogens with two attached hydrogens (primary N) is 1. The highest BCUT2D eigenvalue weighted by molar-refractivity contribution is 6.31. The van der Waals surface area contributed by atoms with E-state index in [1.807, 2.05) is 55.5 Å². The molecule has 1 atom stereocenters. The van der Waals surface area contributed by atoms with Crippen LogP contribution in [0.2, 0.25) is 5.02 Å². The third-order valence-corrected chi connectivity index (χ3v) is 3.12. The Labute approximate surface area is 112 Å². The molecule has 0 saturated heterocycles. The number of ether oxygens (including phenoxy) is 1.